The topological polar surface area (TPSA) is 0 Å². The van der Waals surface area contributed by atoms with Crippen LogP contribution in [0, 0.1) is 17.3 Å². The molecular formula is C14H24. The molecular weight excluding hydrogens is 168 g/mol. The van der Waals surface area contributed by atoms with E-state index in [9.17, 15) is 0 Å². The van der Waals surface area contributed by atoms with Crippen LogP contribution >= 0.6 is 0 Å². The van der Waals surface area contributed by atoms with E-state index in [0.29, 0.717) is 5.41 Å². The summed E-state index contributed by atoms with van der Waals surface area (Å²) in [5, 5.41) is 0. The van der Waals surface area contributed by atoms with E-state index >= 15 is 0 Å². The van der Waals surface area contributed by atoms with E-state index in [1.54, 1.807) is 0 Å². The molecule has 0 saturated heterocycles. The van der Waals surface area contributed by atoms with Gasteiger partial charge in [-0.2, -0.15) is 0 Å². The molecule has 0 amide bonds. The highest BCUT2D eigenvalue weighted by Crippen LogP contribution is 2.45. The van der Waals surface area contributed by atoms with Crippen LogP contribution < -0.4 is 0 Å². The minimum atomic E-state index is 0.522. The first-order valence-corrected chi connectivity index (χ1v) is 5.92. The van der Waals surface area contributed by atoms with Crippen LogP contribution in [0.4, 0.5) is 0 Å². The molecule has 1 rings (SSSR count). The maximum Gasteiger partial charge on any atom is -0.0225 e. The lowest BCUT2D eigenvalue weighted by atomic mass is 9.63. The van der Waals surface area contributed by atoms with Crippen molar-refractivity contribution in [2.75, 3.05) is 0 Å². The standard InChI is InChI=1S/C14H24/c1-5-7-10-13-12(3)9-8-11-14(13,4)6-2/h5,7-9,12-13H,6,10-11H2,1-4H3. The lowest BCUT2D eigenvalue weighted by Crippen LogP contribution is -2.32. The Morgan fingerprint density at radius 3 is 2.79 bits per heavy atom. The van der Waals surface area contributed by atoms with Gasteiger partial charge in [0.25, 0.3) is 0 Å². The van der Waals surface area contributed by atoms with Gasteiger partial charge >= 0.3 is 0 Å². The highest BCUT2D eigenvalue weighted by Gasteiger charge is 2.35. The molecule has 0 heteroatoms. The number of hydrogen-bond acceptors (Lipinski definition) is 0. The summed E-state index contributed by atoms with van der Waals surface area (Å²) in [5.74, 6) is 1.57. The van der Waals surface area contributed by atoms with Gasteiger partial charge in [-0.3, -0.25) is 0 Å². The molecule has 1 aliphatic carbocycles. The summed E-state index contributed by atoms with van der Waals surface area (Å²) in [5.41, 5.74) is 0.522. The quantitative estimate of drug-likeness (QED) is 0.574. The normalized spacial score (nSPS) is 38.0. The highest BCUT2D eigenvalue weighted by molar-refractivity contribution is 5.05. The fourth-order valence-corrected chi connectivity index (χ4v) is 2.66. The first kappa shape index (κ1) is 11.6. The Labute approximate surface area is 89.1 Å². The van der Waals surface area contributed by atoms with Gasteiger partial charge in [-0.25, -0.2) is 0 Å². The first-order chi connectivity index (χ1) is 6.64. The van der Waals surface area contributed by atoms with Gasteiger partial charge in [0.15, 0.2) is 0 Å². The molecule has 0 heterocycles. The fraction of sp³-hybridized carbons (Fsp3) is 0.714. The first-order valence-electron chi connectivity index (χ1n) is 5.92. The zero-order chi connectivity index (χ0) is 10.6. The van der Waals surface area contributed by atoms with Crippen LogP contribution in [0.1, 0.15) is 47.0 Å². The molecule has 80 valence electrons. The third kappa shape index (κ3) is 2.29. The van der Waals surface area contributed by atoms with Crippen molar-refractivity contribution in [1.29, 1.82) is 0 Å². The van der Waals surface area contributed by atoms with Crippen molar-refractivity contribution in [3.8, 4) is 0 Å². The van der Waals surface area contributed by atoms with Gasteiger partial charge in [-0.05, 0) is 37.0 Å². The predicted octanol–water partition coefficient (Wildman–Crippen LogP) is 4.58. The number of allylic oxidation sites excluding steroid dienone is 4. The fourth-order valence-electron chi connectivity index (χ4n) is 2.66. The Hall–Kier alpha value is -0.520. The lowest BCUT2D eigenvalue weighted by molar-refractivity contribution is 0.133. The van der Waals surface area contributed by atoms with Crippen molar-refractivity contribution in [1.82, 2.24) is 0 Å². The highest BCUT2D eigenvalue weighted by atomic mass is 14.4. The van der Waals surface area contributed by atoms with Crippen molar-refractivity contribution in [3.05, 3.63) is 24.3 Å². The summed E-state index contributed by atoms with van der Waals surface area (Å²) in [6.45, 7) is 9.25. The average Bonchev–Trinajstić information content (AvgIpc) is 2.17. The largest absolute Gasteiger partial charge is 0.0917 e. The molecule has 0 aromatic heterocycles. The van der Waals surface area contributed by atoms with Gasteiger partial charge in [-0.1, -0.05) is 51.5 Å². The zero-order valence-corrected chi connectivity index (χ0v) is 10.1. The van der Waals surface area contributed by atoms with Crippen LogP contribution in [0.5, 0.6) is 0 Å². The van der Waals surface area contributed by atoms with E-state index in [0.717, 1.165) is 11.8 Å². The molecule has 14 heavy (non-hydrogen) atoms. The summed E-state index contributed by atoms with van der Waals surface area (Å²) in [4.78, 5) is 0. The van der Waals surface area contributed by atoms with E-state index in [-0.39, 0.29) is 0 Å². The number of rotatable bonds is 3. The minimum Gasteiger partial charge on any atom is -0.0917 e. The van der Waals surface area contributed by atoms with Crippen molar-refractivity contribution in [2.24, 2.45) is 17.3 Å². The van der Waals surface area contributed by atoms with Gasteiger partial charge in [-0.15, -0.1) is 0 Å². The molecule has 3 unspecified atom stereocenters. The summed E-state index contributed by atoms with van der Waals surface area (Å²) in [7, 11) is 0. The summed E-state index contributed by atoms with van der Waals surface area (Å²) in [6, 6.07) is 0. The van der Waals surface area contributed by atoms with Crippen molar-refractivity contribution in [2.45, 2.75) is 47.0 Å². The molecule has 0 saturated carbocycles. The molecule has 0 nitrogen and oxygen atoms in total. The van der Waals surface area contributed by atoms with Crippen LogP contribution in [0.15, 0.2) is 24.3 Å². The number of hydrogen-bond donors (Lipinski definition) is 0. The maximum atomic E-state index is 2.45. The van der Waals surface area contributed by atoms with Crippen LogP contribution in [0.3, 0.4) is 0 Å². The molecule has 0 radical (unpaired) electrons. The minimum absolute atomic E-state index is 0.522. The second-order valence-corrected chi connectivity index (χ2v) is 4.91. The van der Waals surface area contributed by atoms with Crippen molar-refractivity contribution in [3.63, 3.8) is 0 Å². The van der Waals surface area contributed by atoms with Crippen molar-refractivity contribution < 1.29 is 0 Å². The summed E-state index contributed by atoms with van der Waals surface area (Å²) < 4.78 is 0. The summed E-state index contributed by atoms with van der Waals surface area (Å²) >= 11 is 0. The summed E-state index contributed by atoms with van der Waals surface area (Å²) in [6.07, 6.45) is 13.1. The van der Waals surface area contributed by atoms with Crippen LogP contribution in [0.25, 0.3) is 0 Å². The Balaban J connectivity index is 2.78. The van der Waals surface area contributed by atoms with E-state index < -0.39 is 0 Å². The molecule has 0 fully saturated rings. The Morgan fingerprint density at radius 2 is 2.21 bits per heavy atom. The van der Waals surface area contributed by atoms with Crippen LogP contribution in [-0.4, -0.2) is 0 Å². The molecule has 0 bridgehead atoms. The molecule has 0 aliphatic heterocycles. The molecule has 0 N–H and O–H groups in total. The van der Waals surface area contributed by atoms with Gasteiger partial charge < -0.3 is 0 Å². The lowest BCUT2D eigenvalue weighted by Gasteiger charge is -2.42. The van der Waals surface area contributed by atoms with Crippen LogP contribution in [-0.2, 0) is 0 Å². The van der Waals surface area contributed by atoms with Gasteiger partial charge in [0, 0.05) is 0 Å². The Bertz CT molecular complexity index is 224. The Morgan fingerprint density at radius 1 is 1.50 bits per heavy atom. The van der Waals surface area contributed by atoms with E-state index in [1.807, 2.05) is 0 Å². The van der Waals surface area contributed by atoms with E-state index in [1.165, 1.54) is 19.3 Å². The second-order valence-electron chi connectivity index (χ2n) is 4.91. The molecule has 1 aliphatic rings. The van der Waals surface area contributed by atoms with Gasteiger partial charge in [0.2, 0.25) is 0 Å². The SMILES string of the molecule is CC=CCC1C(C)C=CCC1(C)CC. The average molecular weight is 192 g/mol. The third-order valence-corrected chi connectivity index (χ3v) is 3.99. The smallest absolute Gasteiger partial charge is 0.0225 e. The predicted molar refractivity (Wildman–Crippen MR) is 64.2 cm³/mol. The van der Waals surface area contributed by atoms with E-state index in [4.69, 9.17) is 0 Å². The molecule has 0 aromatic rings. The Kier molecular flexibility index (Phi) is 3.97. The maximum absolute atomic E-state index is 2.45. The van der Waals surface area contributed by atoms with Crippen molar-refractivity contribution >= 4 is 0 Å². The molecule has 0 aromatic carbocycles. The molecule has 0 spiro atoms. The van der Waals surface area contributed by atoms with Gasteiger partial charge in [0.1, 0.15) is 0 Å². The third-order valence-electron chi connectivity index (χ3n) is 3.99. The molecule has 3 atom stereocenters. The zero-order valence-electron chi connectivity index (χ0n) is 10.1. The second kappa shape index (κ2) is 4.82. The monoisotopic (exact) mass is 192 g/mol. The van der Waals surface area contributed by atoms with Gasteiger partial charge in [0.05, 0.1) is 0 Å². The van der Waals surface area contributed by atoms with E-state index in [2.05, 4.69) is 52.0 Å². The van der Waals surface area contributed by atoms with Crippen LogP contribution in [0.2, 0.25) is 0 Å².